The molecule has 3 rings (SSSR count). The Balaban J connectivity index is 0.000000737. The lowest BCUT2D eigenvalue weighted by Crippen LogP contribution is -2.49. The van der Waals surface area contributed by atoms with Gasteiger partial charge in [-0.2, -0.15) is 0 Å². The van der Waals surface area contributed by atoms with Gasteiger partial charge in [0.15, 0.2) is 28.6 Å². The number of aliphatic hydroxyl groups is 1. The zero-order valence-corrected chi connectivity index (χ0v) is 34.1. The lowest BCUT2D eigenvalue weighted by atomic mass is 9.88. The molecule has 16 nitrogen and oxygen atoms in total. The molecule has 1 heterocycles. The number of carbonyl (C=O) groups is 5. The highest BCUT2D eigenvalue weighted by molar-refractivity contribution is 5.88. The molecule has 2 amide bonds. The third-order valence-electron chi connectivity index (χ3n) is 9.65. The molecule has 0 aromatic heterocycles. The van der Waals surface area contributed by atoms with Gasteiger partial charge < -0.3 is 54.5 Å². The van der Waals surface area contributed by atoms with Crippen LogP contribution in [-0.2, 0) is 36.8 Å². The Morgan fingerprint density at radius 2 is 1.37 bits per heavy atom. The van der Waals surface area contributed by atoms with Gasteiger partial charge in [0, 0.05) is 13.1 Å². The molecule has 0 aliphatic carbocycles. The zero-order valence-electron chi connectivity index (χ0n) is 34.1. The van der Waals surface area contributed by atoms with Crippen LogP contribution >= 0.6 is 0 Å². The molecular weight excluding hydrogens is 742 g/mol. The maximum absolute atomic E-state index is 14.1. The lowest BCUT2D eigenvalue weighted by molar-refractivity contribution is -0.170. The molecule has 1 aliphatic rings. The number of amides is 2. The van der Waals surface area contributed by atoms with Crippen molar-refractivity contribution in [1.82, 2.24) is 15.1 Å². The van der Waals surface area contributed by atoms with Crippen molar-refractivity contribution in [3.8, 4) is 23.0 Å². The molecule has 0 fully saturated rings. The molecule has 16 heteroatoms. The molecule has 0 bridgehead atoms. The molecule has 5 N–H and O–H groups in total. The number of rotatable bonds is 24. The third kappa shape index (κ3) is 15.1. The molecule has 0 radical (unpaired) electrons. The number of methoxy groups -OCH3 is 4. The first-order chi connectivity index (χ1) is 27.2. The van der Waals surface area contributed by atoms with E-state index >= 15 is 0 Å². The highest BCUT2D eigenvalue weighted by atomic mass is 16.5. The second kappa shape index (κ2) is 24.5. The number of carboxylic acid groups (broad SMARTS) is 3. The highest BCUT2D eigenvalue weighted by Crippen LogP contribution is 2.40. The summed E-state index contributed by atoms with van der Waals surface area (Å²) >= 11 is 0. The number of nitrogens with zero attached hydrogens (tertiary/aromatic N) is 2. The van der Waals surface area contributed by atoms with E-state index in [1.54, 1.807) is 33.3 Å². The van der Waals surface area contributed by atoms with Gasteiger partial charge in [0.1, 0.15) is 0 Å². The average molecular weight is 804 g/mol. The summed E-state index contributed by atoms with van der Waals surface area (Å²) in [6.07, 6.45) is 6.66. The van der Waals surface area contributed by atoms with Crippen molar-refractivity contribution in [2.75, 3.05) is 61.2 Å². The Kier molecular flexibility index (Phi) is 20.7. The molecule has 0 spiro atoms. The Morgan fingerprint density at radius 3 is 1.93 bits per heavy atom. The fraction of sp³-hybridized carbons (Fsp3) is 0.585. The zero-order chi connectivity index (χ0) is 42.5. The molecular formula is C41H61N3O13. The van der Waals surface area contributed by atoms with E-state index in [1.165, 1.54) is 19.3 Å². The van der Waals surface area contributed by atoms with Crippen LogP contribution in [0.2, 0.25) is 0 Å². The topological polar surface area (TPSA) is 222 Å². The van der Waals surface area contributed by atoms with E-state index in [1.807, 2.05) is 35.2 Å². The van der Waals surface area contributed by atoms with Gasteiger partial charge in [0.2, 0.25) is 11.8 Å². The van der Waals surface area contributed by atoms with E-state index in [2.05, 4.69) is 19.2 Å². The number of hydrogen-bond acceptors (Lipinski definition) is 11. The summed E-state index contributed by atoms with van der Waals surface area (Å²) in [5, 5.41) is 37.0. The van der Waals surface area contributed by atoms with E-state index in [9.17, 15) is 24.0 Å². The molecule has 318 valence electrons. The fourth-order valence-corrected chi connectivity index (χ4v) is 6.60. The van der Waals surface area contributed by atoms with Gasteiger partial charge in [0.05, 0.1) is 60.4 Å². The van der Waals surface area contributed by atoms with Gasteiger partial charge in [-0.05, 0) is 73.2 Å². The number of carboxylic acids is 3. The SMILES string of the molecule is CCCCCCCCN(CC(=O)N1CCc2cc(OC)c(OC)cc2C1Cc1ccc(OC)c(OC)c1)C(=O)CNCCC.O=C(O)CC(O)(CC(=O)O)C(=O)O. The number of ether oxygens (including phenoxy) is 4. The van der Waals surface area contributed by atoms with Gasteiger partial charge in [-0.3, -0.25) is 19.2 Å². The molecule has 1 unspecified atom stereocenters. The summed E-state index contributed by atoms with van der Waals surface area (Å²) in [6, 6.07) is 9.62. The van der Waals surface area contributed by atoms with Crippen LogP contribution in [0.5, 0.6) is 23.0 Å². The largest absolute Gasteiger partial charge is 0.493 e. The second-order valence-corrected chi connectivity index (χ2v) is 13.9. The Bertz CT molecular complexity index is 1620. The molecule has 2 aromatic carbocycles. The lowest BCUT2D eigenvalue weighted by Gasteiger charge is -2.39. The van der Waals surface area contributed by atoms with Crippen LogP contribution in [0.3, 0.4) is 0 Å². The van der Waals surface area contributed by atoms with E-state index in [0.717, 1.165) is 48.9 Å². The average Bonchev–Trinajstić information content (AvgIpc) is 3.17. The minimum atomic E-state index is -2.74. The van der Waals surface area contributed by atoms with E-state index in [0.29, 0.717) is 48.9 Å². The summed E-state index contributed by atoms with van der Waals surface area (Å²) in [5.74, 6) is -2.51. The van der Waals surface area contributed by atoms with E-state index in [4.69, 9.17) is 39.4 Å². The predicted octanol–water partition coefficient (Wildman–Crippen LogP) is 4.33. The van der Waals surface area contributed by atoms with Gasteiger partial charge in [-0.1, -0.05) is 52.0 Å². The maximum atomic E-state index is 14.1. The first kappa shape index (κ1) is 48.1. The first-order valence-corrected chi connectivity index (χ1v) is 19.3. The molecule has 1 aliphatic heterocycles. The maximum Gasteiger partial charge on any atom is 0.336 e. The highest BCUT2D eigenvalue weighted by Gasteiger charge is 2.41. The number of benzene rings is 2. The second-order valence-electron chi connectivity index (χ2n) is 13.9. The number of hydrogen-bond donors (Lipinski definition) is 5. The summed E-state index contributed by atoms with van der Waals surface area (Å²) in [7, 11) is 6.49. The minimum Gasteiger partial charge on any atom is -0.493 e. The molecule has 1 atom stereocenters. The number of unbranched alkanes of at least 4 members (excludes halogenated alkanes) is 5. The Labute approximate surface area is 335 Å². The summed E-state index contributed by atoms with van der Waals surface area (Å²) in [6.45, 7) is 6.49. The van der Waals surface area contributed by atoms with Gasteiger partial charge in [0.25, 0.3) is 0 Å². The minimum absolute atomic E-state index is 0.0272. The summed E-state index contributed by atoms with van der Waals surface area (Å²) in [4.78, 5) is 61.6. The van der Waals surface area contributed by atoms with E-state index < -0.39 is 36.4 Å². The van der Waals surface area contributed by atoms with Crippen molar-refractivity contribution in [2.45, 2.75) is 96.1 Å². The summed E-state index contributed by atoms with van der Waals surface area (Å²) < 4.78 is 22.3. The van der Waals surface area contributed by atoms with Gasteiger partial charge in [-0.25, -0.2) is 4.79 Å². The normalized spacial score (nSPS) is 13.4. The van der Waals surface area contributed by atoms with Crippen molar-refractivity contribution < 1.29 is 63.3 Å². The van der Waals surface area contributed by atoms with Crippen molar-refractivity contribution >= 4 is 29.7 Å². The van der Waals surface area contributed by atoms with Gasteiger partial charge in [-0.15, -0.1) is 0 Å². The molecule has 0 saturated carbocycles. The van der Waals surface area contributed by atoms with Crippen LogP contribution in [0, 0.1) is 0 Å². The standard InChI is InChI=1S/C35H53N3O6.C6H8O7/c1-7-9-10-11-12-13-18-37(34(39)24-36-17-8-2)25-35(40)38-19-16-27-22-32(43-5)33(44-6)23-28(27)29(38)20-26-14-15-30(41-3)31(21-26)42-4;7-3(8)1-6(13,5(11)12)2-4(9)10/h14-15,21-23,29,36H,7-13,16-20,24-25H2,1-6H3;13H,1-2H2,(H,7,8)(H,9,10)(H,11,12). The van der Waals surface area contributed by atoms with Crippen molar-refractivity contribution in [1.29, 1.82) is 0 Å². The Morgan fingerprint density at radius 1 is 0.789 bits per heavy atom. The molecule has 57 heavy (non-hydrogen) atoms. The van der Waals surface area contributed by atoms with Crippen LogP contribution in [0.4, 0.5) is 0 Å². The van der Waals surface area contributed by atoms with E-state index in [-0.39, 0.29) is 30.9 Å². The van der Waals surface area contributed by atoms with Crippen LogP contribution in [0.1, 0.15) is 94.4 Å². The van der Waals surface area contributed by atoms with Crippen molar-refractivity contribution in [3.63, 3.8) is 0 Å². The smallest absolute Gasteiger partial charge is 0.336 e. The number of aliphatic carboxylic acids is 3. The van der Waals surface area contributed by atoms with Gasteiger partial charge >= 0.3 is 17.9 Å². The number of nitrogens with one attached hydrogen (secondary N) is 1. The monoisotopic (exact) mass is 803 g/mol. The van der Waals surface area contributed by atoms with Crippen LogP contribution in [-0.4, -0.2) is 127 Å². The number of fused-ring (bicyclic) bond motifs is 1. The van der Waals surface area contributed by atoms with Crippen LogP contribution in [0.25, 0.3) is 0 Å². The fourth-order valence-electron chi connectivity index (χ4n) is 6.60. The third-order valence-corrected chi connectivity index (χ3v) is 9.65. The Hall–Kier alpha value is -5.09. The van der Waals surface area contributed by atoms with Crippen molar-refractivity contribution in [2.24, 2.45) is 0 Å². The van der Waals surface area contributed by atoms with Crippen LogP contribution < -0.4 is 24.3 Å². The quantitative estimate of drug-likeness (QED) is 0.0933. The predicted molar refractivity (Wildman–Crippen MR) is 211 cm³/mol. The number of carbonyl (C=O) groups excluding carboxylic acids is 2. The summed E-state index contributed by atoms with van der Waals surface area (Å²) in [5.41, 5.74) is 0.422. The van der Waals surface area contributed by atoms with Crippen molar-refractivity contribution in [3.05, 3.63) is 47.0 Å². The first-order valence-electron chi connectivity index (χ1n) is 19.3. The molecule has 2 aromatic rings. The molecule has 0 saturated heterocycles. The van der Waals surface area contributed by atoms with Crippen LogP contribution in [0.15, 0.2) is 30.3 Å².